The maximum absolute atomic E-state index is 12.9. The second kappa shape index (κ2) is 8.94. The van der Waals surface area contributed by atoms with Crippen LogP contribution in [0.3, 0.4) is 0 Å². The minimum atomic E-state index is -0.881. The lowest BCUT2D eigenvalue weighted by molar-refractivity contribution is -0.394. The SMILES string of the molecule is COC(=O)c1c(NC(=O)c2ccc([N+](=O)[O-])cc2[N+](=O)[O-])sc(C)c1-c1ccc(C)cc1. The average molecular weight is 455 g/mol. The molecule has 0 saturated carbocycles. The highest BCUT2D eigenvalue weighted by Crippen LogP contribution is 2.41. The summed E-state index contributed by atoms with van der Waals surface area (Å²) in [5, 5.41) is 25.0. The lowest BCUT2D eigenvalue weighted by Gasteiger charge is -2.09. The van der Waals surface area contributed by atoms with Gasteiger partial charge in [-0.15, -0.1) is 11.3 Å². The van der Waals surface area contributed by atoms with Gasteiger partial charge in [0, 0.05) is 16.5 Å². The number of methoxy groups -OCH3 is 1. The average Bonchev–Trinajstić information content (AvgIpc) is 3.08. The summed E-state index contributed by atoms with van der Waals surface area (Å²) >= 11 is 1.12. The fourth-order valence-corrected chi connectivity index (χ4v) is 4.20. The van der Waals surface area contributed by atoms with E-state index in [1.807, 2.05) is 31.2 Å². The molecule has 0 radical (unpaired) electrons. The molecule has 0 atom stereocenters. The van der Waals surface area contributed by atoms with Crippen LogP contribution in [0, 0.1) is 34.1 Å². The molecule has 1 amide bonds. The molecule has 0 unspecified atom stereocenters. The third-order valence-electron chi connectivity index (χ3n) is 4.67. The Bertz CT molecular complexity index is 1250. The first-order valence-corrected chi connectivity index (χ1v) is 9.98. The number of non-ortho nitro benzene ring substituents is 1. The highest BCUT2D eigenvalue weighted by molar-refractivity contribution is 7.17. The summed E-state index contributed by atoms with van der Waals surface area (Å²) in [6.45, 7) is 3.70. The molecular weight excluding hydrogens is 438 g/mol. The van der Waals surface area contributed by atoms with Gasteiger partial charge in [0.15, 0.2) is 0 Å². The standard InChI is InChI=1S/C21H17N3O7S/c1-11-4-6-13(7-5-11)17-12(2)32-20(18(17)21(26)31-3)22-19(25)15-9-8-14(23(27)28)10-16(15)24(29)30/h4-10H,1-3H3,(H,22,25). The van der Waals surface area contributed by atoms with Gasteiger partial charge < -0.3 is 10.1 Å². The zero-order chi connectivity index (χ0) is 23.6. The van der Waals surface area contributed by atoms with Gasteiger partial charge in [-0.25, -0.2) is 4.79 Å². The number of nitro groups is 2. The highest BCUT2D eigenvalue weighted by Gasteiger charge is 2.28. The molecule has 3 rings (SSSR count). The van der Waals surface area contributed by atoms with Crippen LogP contribution in [-0.2, 0) is 4.74 Å². The molecule has 32 heavy (non-hydrogen) atoms. The fourth-order valence-electron chi connectivity index (χ4n) is 3.14. The number of benzene rings is 2. The minimum absolute atomic E-state index is 0.122. The molecule has 10 nitrogen and oxygen atoms in total. The van der Waals surface area contributed by atoms with Gasteiger partial charge in [0.05, 0.1) is 23.0 Å². The molecule has 0 bridgehead atoms. The zero-order valence-corrected chi connectivity index (χ0v) is 18.0. The van der Waals surface area contributed by atoms with E-state index in [4.69, 9.17) is 4.74 Å². The van der Waals surface area contributed by atoms with E-state index in [0.717, 1.165) is 39.5 Å². The van der Waals surface area contributed by atoms with Crippen molar-refractivity contribution in [2.75, 3.05) is 12.4 Å². The van der Waals surface area contributed by atoms with E-state index < -0.39 is 33.1 Å². The summed E-state index contributed by atoms with van der Waals surface area (Å²) in [6.07, 6.45) is 0. The van der Waals surface area contributed by atoms with Gasteiger partial charge in [0.25, 0.3) is 17.3 Å². The number of rotatable bonds is 6. The summed E-state index contributed by atoms with van der Waals surface area (Å²) in [5.74, 6) is -1.56. The summed E-state index contributed by atoms with van der Waals surface area (Å²) in [7, 11) is 1.21. The first-order valence-electron chi connectivity index (χ1n) is 9.17. The first kappa shape index (κ1) is 22.6. The van der Waals surface area contributed by atoms with E-state index in [9.17, 15) is 29.8 Å². The number of hydrogen-bond acceptors (Lipinski definition) is 8. The van der Waals surface area contributed by atoms with Crippen LogP contribution < -0.4 is 5.32 Å². The second-order valence-electron chi connectivity index (χ2n) is 6.76. The van der Waals surface area contributed by atoms with E-state index >= 15 is 0 Å². The lowest BCUT2D eigenvalue weighted by Crippen LogP contribution is -2.16. The van der Waals surface area contributed by atoms with Crippen molar-refractivity contribution in [2.45, 2.75) is 13.8 Å². The third-order valence-corrected chi connectivity index (χ3v) is 5.70. The van der Waals surface area contributed by atoms with Gasteiger partial charge in [0.2, 0.25) is 0 Å². The fraction of sp³-hybridized carbons (Fsp3) is 0.143. The summed E-state index contributed by atoms with van der Waals surface area (Å²) < 4.78 is 4.90. The van der Waals surface area contributed by atoms with Crippen LogP contribution in [0.2, 0.25) is 0 Å². The largest absolute Gasteiger partial charge is 0.465 e. The van der Waals surface area contributed by atoms with Gasteiger partial charge in [-0.2, -0.15) is 0 Å². The summed E-state index contributed by atoms with van der Waals surface area (Å²) in [6, 6.07) is 10.2. The predicted molar refractivity (Wildman–Crippen MR) is 118 cm³/mol. The number of thiophene rings is 1. The van der Waals surface area contributed by atoms with Crippen LogP contribution in [0.1, 0.15) is 31.2 Å². The topological polar surface area (TPSA) is 142 Å². The maximum Gasteiger partial charge on any atom is 0.341 e. The molecule has 0 aliphatic heterocycles. The number of carbonyl (C=O) groups excluding carboxylic acids is 2. The van der Waals surface area contributed by atoms with Crippen molar-refractivity contribution in [3.63, 3.8) is 0 Å². The number of nitro benzene ring substituents is 2. The van der Waals surface area contributed by atoms with Crippen molar-refractivity contribution in [1.29, 1.82) is 0 Å². The molecule has 0 aliphatic rings. The predicted octanol–water partition coefficient (Wildman–Crippen LogP) is 4.89. The molecule has 164 valence electrons. The number of esters is 1. The van der Waals surface area contributed by atoms with Crippen molar-refractivity contribution in [3.8, 4) is 11.1 Å². The van der Waals surface area contributed by atoms with Gasteiger partial charge in [-0.05, 0) is 25.5 Å². The molecule has 0 fully saturated rings. The maximum atomic E-state index is 12.9. The minimum Gasteiger partial charge on any atom is -0.465 e. The van der Waals surface area contributed by atoms with Crippen LogP contribution >= 0.6 is 11.3 Å². The van der Waals surface area contributed by atoms with E-state index in [-0.39, 0.29) is 16.1 Å². The molecule has 1 N–H and O–H groups in total. The number of aryl methyl sites for hydroxylation is 2. The van der Waals surface area contributed by atoms with Crippen LogP contribution in [0.15, 0.2) is 42.5 Å². The molecule has 0 saturated heterocycles. The molecule has 3 aromatic rings. The Kier molecular flexibility index (Phi) is 6.30. The van der Waals surface area contributed by atoms with Crippen molar-refractivity contribution in [1.82, 2.24) is 0 Å². The second-order valence-corrected chi connectivity index (χ2v) is 7.99. The Labute approximate surface area is 185 Å². The Morgan fingerprint density at radius 3 is 2.22 bits per heavy atom. The van der Waals surface area contributed by atoms with Crippen LogP contribution in [-0.4, -0.2) is 28.8 Å². The van der Waals surface area contributed by atoms with Crippen molar-refractivity contribution in [2.24, 2.45) is 0 Å². The Hall–Kier alpha value is -4.12. The highest BCUT2D eigenvalue weighted by atomic mass is 32.1. The van der Waals surface area contributed by atoms with Crippen LogP contribution in [0.25, 0.3) is 11.1 Å². The number of amides is 1. The van der Waals surface area contributed by atoms with Gasteiger partial charge >= 0.3 is 5.97 Å². The quantitative estimate of drug-likeness (QED) is 0.317. The van der Waals surface area contributed by atoms with Crippen molar-refractivity contribution in [3.05, 3.63) is 84.3 Å². The van der Waals surface area contributed by atoms with Crippen LogP contribution in [0.4, 0.5) is 16.4 Å². The molecule has 0 aliphatic carbocycles. The smallest absolute Gasteiger partial charge is 0.341 e. The number of ether oxygens (including phenoxy) is 1. The van der Waals surface area contributed by atoms with E-state index in [1.165, 1.54) is 7.11 Å². The van der Waals surface area contributed by atoms with E-state index in [2.05, 4.69) is 5.32 Å². The lowest BCUT2D eigenvalue weighted by atomic mass is 10.0. The summed E-state index contributed by atoms with van der Waals surface area (Å²) in [4.78, 5) is 46.8. The van der Waals surface area contributed by atoms with E-state index in [0.29, 0.717) is 11.6 Å². The Morgan fingerprint density at radius 2 is 1.66 bits per heavy atom. The third kappa shape index (κ3) is 4.32. The molecule has 1 heterocycles. The number of nitrogens with zero attached hydrogens (tertiary/aromatic N) is 2. The van der Waals surface area contributed by atoms with Gasteiger partial charge in [-0.3, -0.25) is 25.0 Å². The van der Waals surface area contributed by atoms with Crippen molar-refractivity contribution >= 4 is 39.6 Å². The number of carbonyl (C=O) groups is 2. The Morgan fingerprint density at radius 1 is 1.00 bits per heavy atom. The number of anilines is 1. The number of hydrogen-bond donors (Lipinski definition) is 1. The van der Waals surface area contributed by atoms with Gasteiger partial charge in [-0.1, -0.05) is 29.8 Å². The molecule has 1 aromatic heterocycles. The normalized spacial score (nSPS) is 10.5. The molecular formula is C21H17N3O7S. The molecule has 2 aromatic carbocycles. The number of nitrogens with one attached hydrogen (secondary N) is 1. The monoisotopic (exact) mass is 455 g/mol. The molecule has 11 heteroatoms. The van der Waals surface area contributed by atoms with Crippen LogP contribution in [0.5, 0.6) is 0 Å². The van der Waals surface area contributed by atoms with Gasteiger partial charge in [0.1, 0.15) is 16.1 Å². The van der Waals surface area contributed by atoms with E-state index in [1.54, 1.807) is 6.92 Å². The first-order chi connectivity index (χ1) is 15.1. The summed E-state index contributed by atoms with van der Waals surface area (Å²) in [5.41, 5.74) is 0.860. The van der Waals surface area contributed by atoms with Crippen molar-refractivity contribution < 1.29 is 24.2 Å². The molecule has 0 spiro atoms. The zero-order valence-electron chi connectivity index (χ0n) is 17.2. The Balaban J connectivity index is 2.08.